The molecule has 6 aromatic rings. The molecular formula is C90H125N13O18. The number of nitrogens with zero attached hydrogens (tertiary/aromatic N) is 4. The molecule has 2 aliphatic heterocycles. The lowest BCUT2D eigenvalue weighted by atomic mass is 10.0. The van der Waals surface area contributed by atoms with Gasteiger partial charge in [-0.15, -0.1) is 0 Å². The number of para-hydroxylation sites is 2. The van der Waals surface area contributed by atoms with Crippen molar-refractivity contribution < 1.29 is 85.8 Å². The first kappa shape index (κ1) is 96.0. The highest BCUT2D eigenvalue weighted by Crippen LogP contribution is 2.28. The van der Waals surface area contributed by atoms with E-state index in [1.54, 1.807) is 115 Å². The molecule has 0 fully saturated rings. The zero-order valence-electron chi connectivity index (χ0n) is 71.4. The van der Waals surface area contributed by atoms with Gasteiger partial charge in [-0.3, -0.25) is 58.0 Å². The Balaban J connectivity index is 1.10. The van der Waals surface area contributed by atoms with Crippen molar-refractivity contribution in [3.05, 3.63) is 200 Å². The normalized spacial score (nSPS) is 16.1. The number of rotatable bonds is 33. The number of benzene rings is 6. The van der Waals surface area contributed by atoms with Gasteiger partial charge >= 0.3 is 6.09 Å². The van der Waals surface area contributed by atoms with Crippen molar-refractivity contribution in [1.29, 1.82) is 0 Å². The summed E-state index contributed by atoms with van der Waals surface area (Å²) in [6.07, 6.45) is 0.640. The fourth-order valence-corrected chi connectivity index (χ4v) is 13.5. The first-order valence-corrected chi connectivity index (χ1v) is 42.0. The van der Waals surface area contributed by atoms with Crippen LogP contribution in [0.4, 0.5) is 4.79 Å². The van der Waals surface area contributed by atoms with Crippen LogP contribution in [0.2, 0.25) is 0 Å². The van der Waals surface area contributed by atoms with Crippen molar-refractivity contribution in [3.63, 3.8) is 0 Å². The van der Waals surface area contributed by atoms with Gasteiger partial charge in [-0.2, -0.15) is 0 Å². The summed E-state index contributed by atoms with van der Waals surface area (Å²) >= 11 is 0. The number of amides is 9. The summed E-state index contributed by atoms with van der Waals surface area (Å²) < 4.78 is 53.4. The van der Waals surface area contributed by atoms with Crippen molar-refractivity contribution in [2.45, 2.75) is 85.7 Å². The molecule has 2 aliphatic rings. The molecule has 9 N–H and O–H groups in total. The predicted octanol–water partition coefficient (Wildman–Crippen LogP) is 6.45. The van der Waals surface area contributed by atoms with E-state index in [-0.39, 0.29) is 169 Å². The summed E-state index contributed by atoms with van der Waals surface area (Å²) in [5.41, 5.74) is 3.49. The second-order valence-electron chi connectivity index (χ2n) is 30.3. The first-order chi connectivity index (χ1) is 58.7. The number of carbonyl (C=O) groups excluding carboxylic acids is 9. The van der Waals surface area contributed by atoms with Crippen molar-refractivity contribution in [2.75, 3.05) is 211 Å². The fraction of sp³-hybridized carbons (Fsp3) is 0.500. The molecule has 0 aromatic heterocycles. The topological polar surface area (TPSA) is 358 Å². The summed E-state index contributed by atoms with van der Waals surface area (Å²) in [5, 5.41) is 27.3. The van der Waals surface area contributed by atoms with Crippen LogP contribution in [0.5, 0.6) is 11.5 Å². The van der Waals surface area contributed by atoms with Gasteiger partial charge in [0.25, 0.3) is 47.3 Å². The second-order valence-corrected chi connectivity index (χ2v) is 30.3. The van der Waals surface area contributed by atoms with Gasteiger partial charge in [-0.25, -0.2) is 4.79 Å². The monoisotopic (exact) mass is 1680 g/mol. The van der Waals surface area contributed by atoms with Crippen LogP contribution in [-0.2, 0) is 46.4 Å². The molecule has 9 amide bonds. The largest absolute Gasteiger partial charge is 0.487 e. The van der Waals surface area contributed by atoms with Gasteiger partial charge in [0, 0.05) is 180 Å². The number of ether oxygens (including phenoxy) is 9. The molecule has 658 valence electrons. The standard InChI is InChI=1S/C90H125N13O18/c1-8-52-114-58-59-115-54-50-100-42-34-91-81(104)71-25-17-27-73(66(71)2)83(106)93-38-46-102(48-40-97-87(110)77-31-19-29-75(85(108)95-36-44-100)79(77)119-64-68-21-11-9-12-22-68)62-70(118-53-16-15-33-99-89(112)121-90(4,5)6)63-103-47-39-94-84(107)74-28-18-26-72(67(74)3)82(105)92-35-43-101(51-55-116-60-61-117-57-56-113-7)45-37-96-86(109)76-30-20-32-78(88(111)98-41-49-103)80(76)120-65-69-23-13-10-14-24-69/h9-14,17-32,70H,8,15-16,33-65H2,1-7H3,(H,91,104)(H,92,105)(H,93,106)(H,94,107)(H,95,108)(H,96,109)(H,97,110)(H,98,111)(H,99,112). The molecular weight excluding hydrogens is 1550 g/mol. The smallest absolute Gasteiger partial charge is 0.407 e. The maximum atomic E-state index is 14.9. The van der Waals surface area contributed by atoms with Gasteiger partial charge in [0.05, 0.1) is 81.2 Å². The third-order valence-electron chi connectivity index (χ3n) is 20.0. The van der Waals surface area contributed by atoms with Crippen LogP contribution >= 0.6 is 0 Å². The van der Waals surface area contributed by atoms with E-state index in [0.29, 0.717) is 139 Å². The Morgan fingerprint density at radius 1 is 0.380 bits per heavy atom. The molecule has 6 aromatic carbocycles. The molecule has 31 nitrogen and oxygen atoms in total. The molecule has 0 saturated heterocycles. The second kappa shape index (κ2) is 53.3. The van der Waals surface area contributed by atoms with Crippen molar-refractivity contribution in [2.24, 2.45) is 0 Å². The molecule has 121 heavy (non-hydrogen) atoms. The Labute approximate surface area is 711 Å². The van der Waals surface area contributed by atoms with Gasteiger partial charge < -0.3 is 90.5 Å². The molecule has 0 radical (unpaired) electrons. The van der Waals surface area contributed by atoms with E-state index in [1.807, 2.05) is 82.3 Å². The molecule has 2 heterocycles. The number of nitrogens with one attached hydrogen (secondary N) is 9. The van der Waals surface area contributed by atoms with Crippen molar-refractivity contribution in [3.8, 4) is 11.5 Å². The highest BCUT2D eigenvalue weighted by molar-refractivity contribution is 6.06. The Morgan fingerprint density at radius 3 is 1.02 bits per heavy atom. The molecule has 31 heteroatoms. The first-order valence-electron chi connectivity index (χ1n) is 42.0. The number of hydrogen-bond donors (Lipinski definition) is 9. The van der Waals surface area contributed by atoms with Crippen LogP contribution in [-0.4, -0.2) is 295 Å². The molecule has 0 spiro atoms. The highest BCUT2D eigenvalue weighted by atomic mass is 16.6. The molecule has 0 aliphatic carbocycles. The fourth-order valence-electron chi connectivity index (χ4n) is 13.5. The minimum Gasteiger partial charge on any atom is -0.487 e. The van der Waals surface area contributed by atoms with Crippen molar-refractivity contribution in [1.82, 2.24) is 67.5 Å². The molecule has 0 saturated carbocycles. The van der Waals surface area contributed by atoms with E-state index in [1.165, 1.54) is 0 Å². The third-order valence-corrected chi connectivity index (χ3v) is 20.0. The number of alkyl carbamates (subject to hydrolysis) is 1. The summed E-state index contributed by atoms with van der Waals surface area (Å²) in [4.78, 5) is 137. The van der Waals surface area contributed by atoms with Gasteiger partial charge in [-0.05, 0) is 125 Å². The quantitative estimate of drug-likeness (QED) is 0.0200. The average Bonchev–Trinajstić information content (AvgIpc) is 0.822. The highest BCUT2D eigenvalue weighted by Gasteiger charge is 2.28. The van der Waals surface area contributed by atoms with Crippen molar-refractivity contribution >= 4 is 53.4 Å². The maximum absolute atomic E-state index is 14.9. The van der Waals surface area contributed by atoms with E-state index in [4.69, 9.17) is 42.6 Å². The Bertz CT molecular complexity index is 4200. The van der Waals surface area contributed by atoms with Crippen LogP contribution in [0.3, 0.4) is 0 Å². The van der Waals surface area contributed by atoms with Crippen LogP contribution in [0, 0.1) is 13.8 Å². The Morgan fingerprint density at radius 2 is 0.686 bits per heavy atom. The number of methoxy groups -OCH3 is 1. The minimum absolute atomic E-state index is 0.0308. The summed E-state index contributed by atoms with van der Waals surface area (Å²) in [6.45, 7) is 19.7. The van der Waals surface area contributed by atoms with E-state index in [9.17, 15) is 43.2 Å². The van der Waals surface area contributed by atoms with Crippen LogP contribution in [0.15, 0.2) is 133 Å². The van der Waals surface area contributed by atoms with Crippen LogP contribution < -0.4 is 57.3 Å². The van der Waals surface area contributed by atoms with Crippen LogP contribution in [0.1, 0.15) is 152 Å². The third kappa shape index (κ3) is 34.2. The van der Waals surface area contributed by atoms with Gasteiger partial charge in [0.2, 0.25) is 0 Å². The average molecular weight is 1680 g/mol. The summed E-state index contributed by atoms with van der Waals surface area (Å²) in [7, 11) is 1.60. The number of carbonyl (C=O) groups is 9. The zero-order valence-corrected chi connectivity index (χ0v) is 71.4. The Kier molecular flexibility index (Phi) is 42.3. The number of unbranched alkanes of at least 4 members (excludes halogenated alkanes) is 1. The molecule has 1 atom stereocenters. The van der Waals surface area contributed by atoms with E-state index in [2.05, 4.69) is 52.8 Å². The Hall–Kier alpha value is -10.5. The summed E-state index contributed by atoms with van der Waals surface area (Å²) in [5.74, 6) is -3.48. The number of fused-ring (bicyclic) bond motifs is 8. The molecule has 8 rings (SSSR count). The van der Waals surface area contributed by atoms with E-state index < -0.39 is 53.2 Å². The SMILES string of the molecule is CCCOCCOCCN1CCNC(=O)c2cccc(c2C)C(=O)NCCN(CC(CN2CCNC(=O)c3cccc(c3C)C(=O)NCCN(CCOCCOCCOC)CCNC(=O)c3cccc(c3OCc3ccccc3)C(=O)NCC2)OCCCCNC(=O)OC(C)(C)C)CCNC(=O)c2cccc(c2OCc2ccccc2)C(=O)NCC1. The zero-order chi connectivity index (χ0) is 86.4. The number of hydrogen-bond acceptors (Lipinski definition) is 22. The lowest BCUT2D eigenvalue weighted by Crippen LogP contribution is -2.48. The lowest BCUT2D eigenvalue weighted by molar-refractivity contribution is 0.00263. The van der Waals surface area contributed by atoms with E-state index in [0.717, 1.165) is 17.5 Å². The van der Waals surface area contributed by atoms with Gasteiger partial charge in [0.15, 0.2) is 0 Å². The van der Waals surface area contributed by atoms with Gasteiger partial charge in [0.1, 0.15) is 30.3 Å². The van der Waals surface area contributed by atoms with E-state index >= 15 is 0 Å². The van der Waals surface area contributed by atoms with Gasteiger partial charge in [-0.1, -0.05) is 91.9 Å². The molecule has 8 bridgehead atoms. The predicted molar refractivity (Wildman–Crippen MR) is 460 cm³/mol. The summed E-state index contributed by atoms with van der Waals surface area (Å²) in [6, 6.07) is 38.4. The minimum atomic E-state index is -0.715. The van der Waals surface area contributed by atoms with Crippen LogP contribution in [0.25, 0.3) is 0 Å². The maximum Gasteiger partial charge on any atom is 0.407 e. The molecule has 1 unspecified atom stereocenters. The lowest BCUT2D eigenvalue weighted by Gasteiger charge is -2.32.